The van der Waals surface area contributed by atoms with Gasteiger partial charge in [0.2, 0.25) is 0 Å². The zero-order chi connectivity index (χ0) is 9.03. The molecule has 0 saturated heterocycles. The van der Waals surface area contributed by atoms with Crippen LogP contribution in [0.15, 0.2) is 0 Å². The molecule has 1 atom stereocenters. The molecule has 0 aromatic rings. The highest BCUT2D eigenvalue weighted by atomic mass is 16.2. The van der Waals surface area contributed by atoms with Gasteiger partial charge in [-0.25, -0.2) is 0 Å². The van der Waals surface area contributed by atoms with Crippen molar-refractivity contribution in [1.82, 2.24) is 0 Å². The monoisotopic (exact) mass is 170 g/mol. The first-order chi connectivity index (χ1) is 5.67. The van der Waals surface area contributed by atoms with Crippen LogP contribution in [0, 0.1) is 11.3 Å². The lowest BCUT2D eigenvalue weighted by atomic mass is 10.0. The third kappa shape index (κ3) is 3.14. The maximum Gasteiger partial charge on any atom is 0.0431 e. The van der Waals surface area contributed by atoms with E-state index in [-0.39, 0.29) is 0 Å². The largest absolute Gasteiger partial charge is 0.396 e. The normalized spacial score (nSPS) is 25.8. The van der Waals surface area contributed by atoms with Gasteiger partial charge in [0.05, 0.1) is 0 Å². The van der Waals surface area contributed by atoms with E-state index in [1.807, 2.05) is 0 Å². The Hall–Kier alpha value is -0.0400. The first kappa shape index (κ1) is 10.0. The molecule has 1 fully saturated rings. The topological polar surface area (TPSA) is 20.2 Å². The second kappa shape index (κ2) is 4.27. The first-order valence-corrected chi connectivity index (χ1v) is 5.27. The zero-order valence-corrected chi connectivity index (χ0v) is 8.47. The van der Waals surface area contributed by atoms with Gasteiger partial charge in [0.15, 0.2) is 0 Å². The summed E-state index contributed by atoms with van der Waals surface area (Å²) in [5, 5.41) is 8.57. The minimum Gasteiger partial charge on any atom is -0.396 e. The lowest BCUT2D eigenvalue weighted by Crippen LogP contribution is -1.90. The SMILES string of the molecule is CC1(C)CC1CCCCCCO. The molecule has 0 heterocycles. The minimum absolute atomic E-state index is 0.370. The van der Waals surface area contributed by atoms with Gasteiger partial charge in [-0.15, -0.1) is 0 Å². The van der Waals surface area contributed by atoms with Gasteiger partial charge in [0, 0.05) is 6.61 Å². The summed E-state index contributed by atoms with van der Waals surface area (Å²) < 4.78 is 0. The minimum atomic E-state index is 0.370. The highest BCUT2D eigenvalue weighted by Gasteiger charge is 2.44. The number of unbranched alkanes of at least 4 members (excludes halogenated alkanes) is 3. The molecule has 0 aromatic carbocycles. The maximum atomic E-state index is 8.57. The second-order valence-electron chi connectivity index (χ2n) is 4.82. The molecule has 1 saturated carbocycles. The van der Waals surface area contributed by atoms with Crippen molar-refractivity contribution in [3.63, 3.8) is 0 Å². The van der Waals surface area contributed by atoms with Crippen LogP contribution in [0.5, 0.6) is 0 Å². The fourth-order valence-corrected chi connectivity index (χ4v) is 1.93. The fourth-order valence-electron chi connectivity index (χ4n) is 1.93. The zero-order valence-electron chi connectivity index (χ0n) is 8.47. The Bertz CT molecular complexity index is 129. The number of hydrogen-bond donors (Lipinski definition) is 1. The fraction of sp³-hybridized carbons (Fsp3) is 1.00. The summed E-state index contributed by atoms with van der Waals surface area (Å²) in [4.78, 5) is 0. The van der Waals surface area contributed by atoms with Gasteiger partial charge in [0.25, 0.3) is 0 Å². The Kier molecular flexibility index (Phi) is 3.57. The summed E-state index contributed by atoms with van der Waals surface area (Å²) in [6, 6.07) is 0. The molecule has 0 amide bonds. The molecule has 1 rings (SSSR count). The van der Waals surface area contributed by atoms with Crippen molar-refractivity contribution >= 4 is 0 Å². The molecule has 0 radical (unpaired) electrons. The quantitative estimate of drug-likeness (QED) is 0.608. The molecule has 1 heteroatoms. The number of hydrogen-bond acceptors (Lipinski definition) is 1. The molecule has 1 unspecified atom stereocenters. The van der Waals surface area contributed by atoms with Gasteiger partial charge in [-0.05, 0) is 30.6 Å². The Labute approximate surface area is 76.2 Å². The summed E-state index contributed by atoms with van der Waals surface area (Å²) in [5.74, 6) is 1.01. The third-order valence-electron chi connectivity index (χ3n) is 3.18. The Morgan fingerprint density at radius 3 is 2.25 bits per heavy atom. The second-order valence-corrected chi connectivity index (χ2v) is 4.82. The van der Waals surface area contributed by atoms with Crippen LogP contribution < -0.4 is 0 Å². The molecule has 1 nitrogen and oxygen atoms in total. The Balaban J connectivity index is 1.85. The van der Waals surface area contributed by atoms with E-state index in [4.69, 9.17) is 5.11 Å². The van der Waals surface area contributed by atoms with Crippen LogP contribution in [0.3, 0.4) is 0 Å². The highest BCUT2D eigenvalue weighted by molar-refractivity contribution is 4.94. The molecule has 72 valence electrons. The summed E-state index contributed by atoms with van der Waals surface area (Å²) in [7, 11) is 0. The third-order valence-corrected chi connectivity index (χ3v) is 3.18. The molecule has 1 aliphatic carbocycles. The average Bonchev–Trinajstić information content (AvgIpc) is 2.59. The van der Waals surface area contributed by atoms with Crippen LogP contribution in [0.4, 0.5) is 0 Å². The molecule has 0 bridgehead atoms. The van der Waals surface area contributed by atoms with E-state index in [0.29, 0.717) is 12.0 Å². The van der Waals surface area contributed by atoms with Crippen molar-refractivity contribution in [3.05, 3.63) is 0 Å². The van der Waals surface area contributed by atoms with Crippen LogP contribution in [0.2, 0.25) is 0 Å². The van der Waals surface area contributed by atoms with Crippen molar-refractivity contribution in [3.8, 4) is 0 Å². The number of rotatable bonds is 6. The molecular formula is C11H22O. The molecule has 0 spiro atoms. The van der Waals surface area contributed by atoms with Crippen LogP contribution >= 0.6 is 0 Å². The van der Waals surface area contributed by atoms with Crippen LogP contribution in [-0.2, 0) is 0 Å². The van der Waals surface area contributed by atoms with Crippen molar-refractivity contribution in [2.45, 2.75) is 52.4 Å². The van der Waals surface area contributed by atoms with Crippen LogP contribution in [-0.4, -0.2) is 11.7 Å². The molecule has 1 aliphatic rings. The van der Waals surface area contributed by atoms with Crippen LogP contribution in [0.1, 0.15) is 52.4 Å². The van der Waals surface area contributed by atoms with E-state index >= 15 is 0 Å². The molecule has 1 N–H and O–H groups in total. The Morgan fingerprint density at radius 2 is 1.75 bits per heavy atom. The summed E-state index contributed by atoms with van der Waals surface area (Å²) in [5.41, 5.74) is 0.664. The standard InChI is InChI=1S/C11H22O/c1-11(2)9-10(11)7-5-3-4-6-8-12/h10,12H,3-9H2,1-2H3. The highest BCUT2D eigenvalue weighted by Crippen LogP contribution is 2.54. The molecule has 12 heavy (non-hydrogen) atoms. The molecule has 0 aromatic heterocycles. The van der Waals surface area contributed by atoms with Crippen molar-refractivity contribution < 1.29 is 5.11 Å². The van der Waals surface area contributed by atoms with E-state index in [1.54, 1.807) is 0 Å². The van der Waals surface area contributed by atoms with E-state index < -0.39 is 0 Å². The van der Waals surface area contributed by atoms with Gasteiger partial charge < -0.3 is 5.11 Å². The van der Waals surface area contributed by atoms with E-state index in [2.05, 4.69) is 13.8 Å². The summed E-state index contributed by atoms with van der Waals surface area (Å²) >= 11 is 0. The Morgan fingerprint density at radius 1 is 1.17 bits per heavy atom. The average molecular weight is 170 g/mol. The van der Waals surface area contributed by atoms with Gasteiger partial charge in [-0.3, -0.25) is 0 Å². The lowest BCUT2D eigenvalue weighted by molar-refractivity contribution is 0.282. The number of aliphatic hydroxyl groups is 1. The molecule has 0 aliphatic heterocycles. The first-order valence-electron chi connectivity index (χ1n) is 5.27. The smallest absolute Gasteiger partial charge is 0.0431 e. The van der Waals surface area contributed by atoms with Crippen LogP contribution in [0.25, 0.3) is 0 Å². The van der Waals surface area contributed by atoms with E-state index in [0.717, 1.165) is 12.3 Å². The predicted octanol–water partition coefficient (Wildman–Crippen LogP) is 2.98. The number of aliphatic hydroxyl groups excluding tert-OH is 1. The summed E-state index contributed by atoms with van der Waals surface area (Å²) in [6.45, 7) is 5.10. The van der Waals surface area contributed by atoms with Gasteiger partial charge in [0.1, 0.15) is 0 Å². The molecular weight excluding hydrogens is 148 g/mol. The lowest BCUT2D eigenvalue weighted by Gasteiger charge is -2.02. The predicted molar refractivity (Wildman–Crippen MR) is 52.1 cm³/mol. The van der Waals surface area contributed by atoms with Crippen molar-refractivity contribution in [1.29, 1.82) is 0 Å². The van der Waals surface area contributed by atoms with Gasteiger partial charge in [-0.2, -0.15) is 0 Å². The van der Waals surface area contributed by atoms with E-state index in [1.165, 1.54) is 32.1 Å². The maximum absolute atomic E-state index is 8.57. The van der Waals surface area contributed by atoms with Crippen molar-refractivity contribution in [2.75, 3.05) is 6.61 Å². The van der Waals surface area contributed by atoms with Gasteiger partial charge >= 0.3 is 0 Å². The van der Waals surface area contributed by atoms with E-state index in [9.17, 15) is 0 Å². The van der Waals surface area contributed by atoms with Gasteiger partial charge in [-0.1, -0.05) is 33.1 Å². The summed E-state index contributed by atoms with van der Waals surface area (Å²) in [6.07, 6.45) is 7.74. The van der Waals surface area contributed by atoms with Crippen molar-refractivity contribution in [2.24, 2.45) is 11.3 Å².